The number of carbonyl (C=O) groups is 2. The van der Waals surface area contributed by atoms with Crippen molar-refractivity contribution >= 4 is 11.8 Å². The quantitative estimate of drug-likeness (QED) is 0.555. The van der Waals surface area contributed by atoms with Crippen molar-refractivity contribution in [3.63, 3.8) is 0 Å². The summed E-state index contributed by atoms with van der Waals surface area (Å²) in [5.41, 5.74) is 1.33. The van der Waals surface area contributed by atoms with Crippen LogP contribution in [0.15, 0.2) is 18.2 Å². The number of hydrogen-bond acceptors (Lipinski definition) is 2. The maximum absolute atomic E-state index is 11.1. The molecular weight excluding hydrogens is 154 g/mol. The van der Waals surface area contributed by atoms with Gasteiger partial charge in [-0.15, -0.1) is 0 Å². The van der Waals surface area contributed by atoms with E-state index in [9.17, 15) is 9.59 Å². The van der Waals surface area contributed by atoms with E-state index in [2.05, 4.69) is 11.4 Å². The second-order valence-electron chi connectivity index (χ2n) is 2.64. The molecular formula is C9H6NO2. The van der Waals surface area contributed by atoms with Crippen LogP contribution in [0.4, 0.5) is 0 Å². The molecule has 0 spiro atoms. The van der Waals surface area contributed by atoms with Crippen LogP contribution >= 0.6 is 0 Å². The molecule has 1 N–H and O–H groups in total. The maximum atomic E-state index is 11.1. The number of hydrogen-bond donors (Lipinski definition) is 1. The van der Waals surface area contributed by atoms with Crippen LogP contribution in [-0.4, -0.2) is 11.8 Å². The Balaban J connectivity index is 2.54. The number of fused-ring (bicyclic) bond motifs is 1. The smallest absolute Gasteiger partial charge is 0.258 e. The molecule has 1 aromatic carbocycles. The largest absolute Gasteiger partial charge is 0.292 e. The Morgan fingerprint density at radius 2 is 2.25 bits per heavy atom. The van der Waals surface area contributed by atoms with E-state index in [1.807, 2.05) is 0 Å². The third kappa shape index (κ3) is 0.993. The minimum absolute atomic E-state index is 0.237. The van der Waals surface area contributed by atoms with Crippen LogP contribution in [0, 0.1) is 6.07 Å². The molecule has 0 atom stereocenters. The Bertz CT molecular complexity index is 357. The summed E-state index contributed by atoms with van der Waals surface area (Å²) in [4.78, 5) is 22.0. The van der Waals surface area contributed by atoms with Crippen molar-refractivity contribution in [2.45, 2.75) is 6.42 Å². The van der Waals surface area contributed by atoms with Gasteiger partial charge in [0.05, 0.1) is 6.42 Å². The molecule has 2 rings (SSSR count). The summed E-state index contributed by atoms with van der Waals surface area (Å²) in [6.45, 7) is 0. The second kappa shape index (κ2) is 2.44. The number of imide groups is 1. The first-order valence-corrected chi connectivity index (χ1v) is 3.60. The molecule has 1 aromatic rings. The lowest BCUT2D eigenvalue weighted by molar-refractivity contribution is -0.119. The molecule has 0 aromatic heterocycles. The van der Waals surface area contributed by atoms with Gasteiger partial charge in [0.1, 0.15) is 0 Å². The molecule has 0 saturated heterocycles. The molecule has 3 heteroatoms. The van der Waals surface area contributed by atoms with Gasteiger partial charge in [0.25, 0.3) is 5.91 Å². The van der Waals surface area contributed by atoms with Crippen molar-refractivity contribution in [3.8, 4) is 0 Å². The van der Waals surface area contributed by atoms with Crippen molar-refractivity contribution in [2.24, 2.45) is 0 Å². The van der Waals surface area contributed by atoms with Crippen LogP contribution in [-0.2, 0) is 11.2 Å². The summed E-state index contributed by atoms with van der Waals surface area (Å²) in [6, 6.07) is 7.83. The van der Waals surface area contributed by atoms with Crippen molar-refractivity contribution in [1.29, 1.82) is 0 Å². The highest BCUT2D eigenvalue weighted by Gasteiger charge is 2.20. The van der Waals surface area contributed by atoms with Gasteiger partial charge >= 0.3 is 0 Å². The number of amides is 2. The fourth-order valence-corrected chi connectivity index (χ4v) is 1.24. The third-order valence-electron chi connectivity index (χ3n) is 1.80. The summed E-state index contributed by atoms with van der Waals surface area (Å²) in [5.74, 6) is -0.559. The van der Waals surface area contributed by atoms with E-state index in [0.717, 1.165) is 5.56 Å². The lowest BCUT2D eigenvalue weighted by atomic mass is 10.0. The highest BCUT2D eigenvalue weighted by molar-refractivity contribution is 6.09. The molecule has 1 aliphatic heterocycles. The minimum Gasteiger partial charge on any atom is -0.292 e. The molecule has 1 radical (unpaired) electrons. The molecule has 59 valence electrons. The first kappa shape index (κ1) is 7.03. The highest BCUT2D eigenvalue weighted by atomic mass is 16.2. The zero-order chi connectivity index (χ0) is 8.55. The Labute approximate surface area is 69.4 Å². The highest BCUT2D eigenvalue weighted by Crippen LogP contribution is 2.12. The summed E-state index contributed by atoms with van der Waals surface area (Å²) >= 11 is 0. The van der Waals surface area contributed by atoms with Gasteiger partial charge in [0.15, 0.2) is 0 Å². The molecule has 0 aliphatic carbocycles. The van der Waals surface area contributed by atoms with E-state index < -0.39 is 0 Å². The average molecular weight is 160 g/mol. The predicted molar refractivity (Wildman–Crippen MR) is 41.5 cm³/mol. The molecule has 0 bridgehead atoms. The minimum atomic E-state index is -0.321. The lowest BCUT2D eigenvalue weighted by Crippen LogP contribution is -2.37. The van der Waals surface area contributed by atoms with Gasteiger partial charge in [-0.25, -0.2) is 0 Å². The number of rotatable bonds is 0. The Kier molecular flexibility index (Phi) is 1.43. The number of carbonyl (C=O) groups excluding carboxylic acids is 2. The molecule has 2 amide bonds. The fraction of sp³-hybridized carbons (Fsp3) is 0.111. The van der Waals surface area contributed by atoms with Gasteiger partial charge in [-0.2, -0.15) is 0 Å². The van der Waals surface area contributed by atoms with Crippen molar-refractivity contribution in [3.05, 3.63) is 35.4 Å². The lowest BCUT2D eigenvalue weighted by Gasteiger charge is -2.13. The van der Waals surface area contributed by atoms with Gasteiger partial charge in [-0.3, -0.25) is 14.9 Å². The van der Waals surface area contributed by atoms with Gasteiger partial charge in [0, 0.05) is 5.56 Å². The summed E-state index contributed by atoms with van der Waals surface area (Å²) < 4.78 is 0. The van der Waals surface area contributed by atoms with Gasteiger partial charge in [0.2, 0.25) is 5.91 Å². The van der Waals surface area contributed by atoms with Crippen molar-refractivity contribution in [1.82, 2.24) is 5.32 Å². The van der Waals surface area contributed by atoms with Crippen molar-refractivity contribution in [2.75, 3.05) is 0 Å². The average Bonchev–Trinajstić information content (AvgIpc) is 2.04. The SMILES string of the molecule is O=C1Cc2cc[c]cc2C(=O)N1. The van der Waals surface area contributed by atoms with Crippen molar-refractivity contribution < 1.29 is 9.59 Å². The zero-order valence-corrected chi connectivity index (χ0v) is 6.26. The topological polar surface area (TPSA) is 46.2 Å². The Morgan fingerprint density at radius 1 is 1.42 bits per heavy atom. The molecule has 0 fully saturated rings. The molecule has 12 heavy (non-hydrogen) atoms. The van der Waals surface area contributed by atoms with Gasteiger partial charge < -0.3 is 0 Å². The second-order valence-corrected chi connectivity index (χ2v) is 2.64. The van der Waals surface area contributed by atoms with Gasteiger partial charge in [-0.05, 0) is 17.7 Å². The normalized spacial score (nSPS) is 15.3. The van der Waals surface area contributed by atoms with Gasteiger partial charge in [-0.1, -0.05) is 12.1 Å². The zero-order valence-electron chi connectivity index (χ0n) is 6.26. The molecule has 3 nitrogen and oxygen atoms in total. The maximum Gasteiger partial charge on any atom is 0.258 e. The van der Waals surface area contributed by atoms with E-state index in [0.29, 0.717) is 5.56 Å². The summed E-state index contributed by atoms with van der Waals surface area (Å²) in [5, 5.41) is 2.24. The number of benzene rings is 1. The molecule has 0 unspecified atom stereocenters. The Hall–Kier alpha value is -1.64. The molecule has 1 aliphatic rings. The third-order valence-corrected chi connectivity index (χ3v) is 1.80. The predicted octanol–water partition coefficient (Wildman–Crippen LogP) is 0.299. The molecule has 1 heterocycles. The first-order chi connectivity index (χ1) is 5.77. The fourth-order valence-electron chi connectivity index (χ4n) is 1.24. The van der Waals surface area contributed by atoms with Crippen LogP contribution < -0.4 is 5.32 Å². The molecule has 0 saturated carbocycles. The van der Waals surface area contributed by atoms with E-state index in [-0.39, 0.29) is 18.2 Å². The van der Waals surface area contributed by atoms with Crippen LogP contribution in [0.25, 0.3) is 0 Å². The summed E-state index contributed by atoms with van der Waals surface area (Å²) in [6.07, 6.45) is 0.287. The number of nitrogens with one attached hydrogen (secondary N) is 1. The van der Waals surface area contributed by atoms with E-state index >= 15 is 0 Å². The van der Waals surface area contributed by atoms with Crippen LogP contribution in [0.2, 0.25) is 0 Å². The van der Waals surface area contributed by atoms with E-state index in [1.54, 1.807) is 18.2 Å². The first-order valence-electron chi connectivity index (χ1n) is 3.60. The Morgan fingerprint density at radius 3 is 3.08 bits per heavy atom. The van der Waals surface area contributed by atoms with E-state index in [4.69, 9.17) is 0 Å². The van der Waals surface area contributed by atoms with Crippen LogP contribution in [0.3, 0.4) is 0 Å². The standard InChI is InChI=1S/C9H6NO2/c11-8-5-6-3-1-2-4-7(6)9(12)10-8/h1,3-4H,5H2,(H,10,11,12). The summed E-state index contributed by atoms with van der Waals surface area (Å²) in [7, 11) is 0. The monoisotopic (exact) mass is 160 g/mol. The van der Waals surface area contributed by atoms with Crippen LogP contribution in [0.5, 0.6) is 0 Å². The van der Waals surface area contributed by atoms with E-state index in [1.165, 1.54) is 0 Å². The van der Waals surface area contributed by atoms with Crippen LogP contribution in [0.1, 0.15) is 15.9 Å².